The van der Waals surface area contributed by atoms with Crippen LogP contribution in [-0.4, -0.2) is 0 Å². The van der Waals surface area contributed by atoms with Gasteiger partial charge in [0.15, 0.2) is 0 Å². The van der Waals surface area contributed by atoms with Gasteiger partial charge in [0.2, 0.25) is 0 Å². The first-order valence-corrected chi connectivity index (χ1v) is 21.7. The van der Waals surface area contributed by atoms with Crippen molar-refractivity contribution in [3.8, 4) is 44.5 Å². The van der Waals surface area contributed by atoms with Crippen LogP contribution in [0, 0.1) is 0 Å². The zero-order chi connectivity index (χ0) is 42.6. The number of fused-ring (bicyclic) bond motifs is 4. The minimum atomic E-state index is -0.000891. The third-order valence-electron chi connectivity index (χ3n) is 12.4. The molecule has 9 aromatic carbocycles. The average molecular weight is 802 g/mol. The summed E-state index contributed by atoms with van der Waals surface area (Å²) in [5.74, 6) is 0. The van der Waals surface area contributed by atoms with Crippen LogP contribution in [0.25, 0.3) is 77.2 Å². The molecule has 0 radical (unpaired) electrons. The van der Waals surface area contributed by atoms with Gasteiger partial charge in [0.1, 0.15) is 11.2 Å². The molecule has 62 heavy (non-hydrogen) atoms. The van der Waals surface area contributed by atoms with Crippen LogP contribution in [0.4, 0.5) is 17.1 Å². The first kappa shape index (κ1) is 39.0. The van der Waals surface area contributed by atoms with Gasteiger partial charge in [-0.2, -0.15) is 0 Å². The van der Waals surface area contributed by atoms with E-state index in [1.54, 1.807) is 0 Å². The van der Waals surface area contributed by atoms with E-state index in [2.05, 4.69) is 234 Å². The van der Waals surface area contributed by atoms with Crippen molar-refractivity contribution in [2.45, 2.75) is 52.4 Å². The molecule has 0 N–H and O–H groups in total. The van der Waals surface area contributed by atoms with Crippen LogP contribution in [0.2, 0.25) is 0 Å². The lowest BCUT2D eigenvalue weighted by atomic mass is 9.78. The maximum Gasteiger partial charge on any atom is 0.135 e. The maximum atomic E-state index is 6.34. The Bertz CT molecular complexity index is 3190. The highest BCUT2D eigenvalue weighted by atomic mass is 16.3. The Labute approximate surface area is 365 Å². The molecule has 0 amide bonds. The zero-order valence-electron chi connectivity index (χ0n) is 36.4. The molecule has 0 bridgehead atoms. The van der Waals surface area contributed by atoms with Crippen LogP contribution in [-0.2, 0) is 10.8 Å². The van der Waals surface area contributed by atoms with Crippen molar-refractivity contribution in [2.24, 2.45) is 0 Å². The maximum absolute atomic E-state index is 6.34. The minimum absolute atomic E-state index is 0.000891. The SMILES string of the molecule is CC(C)(C)c1cc(-c2cccc3cccc(-c4ccccc4N(c4ccc(-c5ccc(-c6ccccc6)cc5)cc4)c4ccc5oc6ccccc6c5c4)c23)cc(C(C)(C)C)c1. The molecular weight excluding hydrogens is 751 g/mol. The zero-order valence-corrected chi connectivity index (χ0v) is 36.4. The summed E-state index contributed by atoms with van der Waals surface area (Å²) in [5, 5.41) is 4.67. The molecule has 0 unspecified atom stereocenters. The second-order valence-corrected chi connectivity index (χ2v) is 18.6. The molecule has 1 heterocycles. The summed E-state index contributed by atoms with van der Waals surface area (Å²) in [6, 6.07) is 73.0. The fourth-order valence-electron chi connectivity index (χ4n) is 8.92. The van der Waals surface area contributed by atoms with Gasteiger partial charge in [-0.25, -0.2) is 0 Å². The lowest BCUT2D eigenvalue weighted by molar-refractivity contribution is 0.569. The fraction of sp³-hybridized carbons (Fsp3) is 0.133. The lowest BCUT2D eigenvalue weighted by Gasteiger charge is -2.29. The summed E-state index contributed by atoms with van der Waals surface area (Å²) in [5.41, 5.74) is 17.3. The molecule has 0 saturated heterocycles. The molecule has 0 atom stereocenters. The monoisotopic (exact) mass is 801 g/mol. The highest BCUT2D eigenvalue weighted by molar-refractivity contribution is 6.10. The lowest BCUT2D eigenvalue weighted by Crippen LogP contribution is -2.16. The Hall–Kier alpha value is -7.16. The van der Waals surface area contributed by atoms with Crippen molar-refractivity contribution < 1.29 is 4.42 Å². The number of rotatable bonds is 7. The van der Waals surface area contributed by atoms with Gasteiger partial charge < -0.3 is 9.32 Å². The Morgan fingerprint density at radius 3 is 1.53 bits per heavy atom. The number of nitrogens with zero attached hydrogens (tertiary/aromatic N) is 1. The molecule has 0 spiro atoms. The summed E-state index contributed by atoms with van der Waals surface area (Å²) in [7, 11) is 0. The van der Waals surface area contributed by atoms with E-state index >= 15 is 0 Å². The third kappa shape index (κ3) is 7.26. The summed E-state index contributed by atoms with van der Waals surface area (Å²) in [4.78, 5) is 2.41. The van der Waals surface area contributed by atoms with Crippen molar-refractivity contribution in [3.05, 3.63) is 211 Å². The smallest absolute Gasteiger partial charge is 0.135 e. The van der Waals surface area contributed by atoms with Gasteiger partial charge in [-0.05, 0) is 114 Å². The third-order valence-corrected chi connectivity index (χ3v) is 12.4. The van der Waals surface area contributed by atoms with Crippen molar-refractivity contribution >= 4 is 49.8 Å². The number of furan rings is 1. The predicted octanol–water partition coefficient (Wildman–Crippen LogP) is 17.5. The Morgan fingerprint density at radius 2 is 0.871 bits per heavy atom. The van der Waals surface area contributed by atoms with Crippen molar-refractivity contribution in [1.82, 2.24) is 0 Å². The normalized spacial score (nSPS) is 12.0. The molecule has 302 valence electrons. The van der Waals surface area contributed by atoms with Crippen LogP contribution in [0.5, 0.6) is 0 Å². The van der Waals surface area contributed by atoms with E-state index in [4.69, 9.17) is 4.42 Å². The highest BCUT2D eigenvalue weighted by Gasteiger charge is 2.24. The van der Waals surface area contributed by atoms with E-state index in [-0.39, 0.29) is 10.8 Å². The number of hydrogen-bond acceptors (Lipinski definition) is 2. The fourth-order valence-corrected chi connectivity index (χ4v) is 8.92. The molecule has 2 nitrogen and oxygen atoms in total. The molecule has 0 aliphatic rings. The van der Waals surface area contributed by atoms with Gasteiger partial charge in [-0.1, -0.05) is 199 Å². The molecule has 2 heteroatoms. The van der Waals surface area contributed by atoms with Gasteiger partial charge in [0.05, 0.1) is 5.69 Å². The van der Waals surface area contributed by atoms with Crippen molar-refractivity contribution in [2.75, 3.05) is 4.90 Å². The average Bonchev–Trinajstić information content (AvgIpc) is 3.67. The van der Waals surface area contributed by atoms with Gasteiger partial charge in [-0.15, -0.1) is 0 Å². The van der Waals surface area contributed by atoms with E-state index in [0.29, 0.717) is 0 Å². The number of anilines is 3. The number of hydrogen-bond donors (Lipinski definition) is 0. The molecule has 0 aliphatic carbocycles. The second kappa shape index (κ2) is 15.4. The number of benzene rings is 9. The van der Waals surface area contributed by atoms with E-state index in [1.807, 2.05) is 12.1 Å². The number of para-hydroxylation sites is 2. The first-order chi connectivity index (χ1) is 30.0. The van der Waals surface area contributed by atoms with Crippen LogP contribution in [0.3, 0.4) is 0 Å². The Balaban J connectivity index is 1.15. The summed E-state index contributed by atoms with van der Waals surface area (Å²) in [6.45, 7) is 13.9. The first-order valence-electron chi connectivity index (χ1n) is 21.7. The molecule has 0 saturated carbocycles. The standard InChI is InChI=1S/C60H51NO/c1-59(2,3)46-36-45(37-47(38-46)60(4,5)6)50-22-14-18-44-19-15-23-53(58(44)50)51-20-10-12-24-55(51)61(49-34-35-57-54(39-49)52-21-11-13-25-56(52)62-57)48-32-30-43(31-33-48)42-28-26-41(27-29-42)40-16-8-7-9-17-40/h7-39H,1-6H3. The summed E-state index contributed by atoms with van der Waals surface area (Å²) >= 11 is 0. The van der Waals surface area contributed by atoms with E-state index in [1.165, 1.54) is 60.8 Å². The van der Waals surface area contributed by atoms with Crippen LogP contribution in [0.15, 0.2) is 205 Å². The summed E-state index contributed by atoms with van der Waals surface area (Å²) < 4.78 is 6.34. The van der Waals surface area contributed by atoms with Crippen LogP contribution in [0.1, 0.15) is 52.7 Å². The Morgan fingerprint density at radius 1 is 0.355 bits per heavy atom. The van der Waals surface area contributed by atoms with E-state index in [9.17, 15) is 0 Å². The van der Waals surface area contributed by atoms with E-state index < -0.39 is 0 Å². The largest absolute Gasteiger partial charge is 0.456 e. The molecule has 10 aromatic rings. The van der Waals surface area contributed by atoms with Gasteiger partial charge in [0, 0.05) is 27.7 Å². The second-order valence-electron chi connectivity index (χ2n) is 18.6. The van der Waals surface area contributed by atoms with Gasteiger partial charge in [0.25, 0.3) is 0 Å². The molecule has 10 rings (SSSR count). The van der Waals surface area contributed by atoms with Gasteiger partial charge >= 0.3 is 0 Å². The minimum Gasteiger partial charge on any atom is -0.456 e. The summed E-state index contributed by atoms with van der Waals surface area (Å²) in [6.07, 6.45) is 0. The molecular formula is C60H51NO. The molecule has 0 fully saturated rings. The highest BCUT2D eigenvalue weighted by Crippen LogP contribution is 2.47. The van der Waals surface area contributed by atoms with Gasteiger partial charge in [-0.3, -0.25) is 0 Å². The van der Waals surface area contributed by atoms with Crippen molar-refractivity contribution in [1.29, 1.82) is 0 Å². The van der Waals surface area contributed by atoms with Crippen LogP contribution >= 0.6 is 0 Å². The quantitative estimate of drug-likeness (QED) is 0.160. The predicted molar refractivity (Wildman–Crippen MR) is 265 cm³/mol. The Kier molecular flexibility index (Phi) is 9.68. The van der Waals surface area contributed by atoms with E-state index in [0.717, 1.165) is 44.6 Å². The topological polar surface area (TPSA) is 16.4 Å². The molecule has 1 aromatic heterocycles. The molecule has 0 aliphatic heterocycles. The van der Waals surface area contributed by atoms with Crippen LogP contribution < -0.4 is 4.90 Å². The van der Waals surface area contributed by atoms with Crippen molar-refractivity contribution in [3.63, 3.8) is 0 Å².